The number of para-hydroxylation sites is 1. The molecule has 3 N–H and O–H groups in total. The van der Waals surface area contributed by atoms with Crippen LogP contribution in [0.4, 0.5) is 5.69 Å². The van der Waals surface area contributed by atoms with Crippen molar-refractivity contribution in [2.24, 2.45) is 0 Å². The van der Waals surface area contributed by atoms with Gasteiger partial charge in [-0.1, -0.05) is 12.1 Å². The van der Waals surface area contributed by atoms with Gasteiger partial charge in [0.15, 0.2) is 0 Å². The van der Waals surface area contributed by atoms with Crippen molar-refractivity contribution in [2.45, 2.75) is 6.92 Å². The summed E-state index contributed by atoms with van der Waals surface area (Å²) in [7, 11) is 1.66. The highest BCUT2D eigenvalue weighted by atomic mass is 79.9. The number of amides is 3. The zero-order valence-corrected chi connectivity index (χ0v) is 14.8. The summed E-state index contributed by atoms with van der Waals surface area (Å²) in [6.45, 7) is 2.35. The molecule has 0 atom stereocenters. The molecular weight excluding hydrogens is 364 g/mol. The topological polar surface area (TPSA) is 90.5 Å². The van der Waals surface area contributed by atoms with Gasteiger partial charge in [0.05, 0.1) is 25.3 Å². The van der Waals surface area contributed by atoms with Crippen LogP contribution in [0, 0.1) is 0 Å². The van der Waals surface area contributed by atoms with Gasteiger partial charge in [-0.2, -0.15) is 0 Å². The van der Waals surface area contributed by atoms with Crippen molar-refractivity contribution in [3.8, 4) is 0 Å². The monoisotopic (exact) mass is 384 g/mol. The molecular formula is C15H21BrN4O3. The number of hydrogen-bond acceptors (Lipinski definition) is 4. The van der Waals surface area contributed by atoms with Crippen molar-refractivity contribution in [1.82, 2.24) is 15.5 Å². The van der Waals surface area contributed by atoms with Crippen LogP contribution >= 0.6 is 15.9 Å². The van der Waals surface area contributed by atoms with Gasteiger partial charge in [-0.3, -0.25) is 19.3 Å². The fourth-order valence-electron chi connectivity index (χ4n) is 1.79. The van der Waals surface area contributed by atoms with E-state index in [0.29, 0.717) is 12.2 Å². The zero-order chi connectivity index (χ0) is 17.2. The summed E-state index contributed by atoms with van der Waals surface area (Å²) in [4.78, 5) is 36.4. The summed E-state index contributed by atoms with van der Waals surface area (Å²) < 4.78 is 0.788. The van der Waals surface area contributed by atoms with Crippen molar-refractivity contribution in [3.63, 3.8) is 0 Å². The Labute approximate surface area is 143 Å². The zero-order valence-electron chi connectivity index (χ0n) is 13.2. The number of nitrogens with one attached hydrogen (secondary N) is 3. The highest BCUT2D eigenvalue weighted by molar-refractivity contribution is 9.10. The standard InChI is InChI=1S/C15H21BrN4O3/c1-3-17-13(21)8-18-14(22)9-20(2)10-15(23)19-12-7-5-4-6-11(12)16/h4-7H,3,8-10H2,1-2H3,(H,17,21)(H,18,22)(H,19,23). The van der Waals surface area contributed by atoms with Gasteiger partial charge in [-0.05, 0) is 42.0 Å². The molecule has 3 amide bonds. The predicted molar refractivity (Wildman–Crippen MR) is 92.0 cm³/mol. The molecule has 8 heteroatoms. The van der Waals surface area contributed by atoms with Crippen LogP contribution in [0.3, 0.4) is 0 Å². The third-order valence-electron chi connectivity index (χ3n) is 2.80. The maximum atomic E-state index is 11.9. The first-order valence-corrected chi connectivity index (χ1v) is 7.98. The number of likely N-dealkylation sites (N-methyl/N-ethyl adjacent to an activating group) is 2. The minimum absolute atomic E-state index is 0.0305. The molecule has 7 nitrogen and oxygen atoms in total. The lowest BCUT2D eigenvalue weighted by Gasteiger charge is -2.16. The maximum Gasteiger partial charge on any atom is 0.239 e. The lowest BCUT2D eigenvalue weighted by Crippen LogP contribution is -2.42. The van der Waals surface area contributed by atoms with E-state index in [1.165, 1.54) is 0 Å². The van der Waals surface area contributed by atoms with Crippen LogP contribution in [-0.2, 0) is 14.4 Å². The van der Waals surface area contributed by atoms with E-state index in [1.54, 1.807) is 24.9 Å². The van der Waals surface area contributed by atoms with Crippen LogP contribution in [0.15, 0.2) is 28.7 Å². The van der Waals surface area contributed by atoms with Gasteiger partial charge in [-0.15, -0.1) is 0 Å². The van der Waals surface area contributed by atoms with Gasteiger partial charge < -0.3 is 16.0 Å². The Morgan fingerprint density at radius 2 is 1.70 bits per heavy atom. The largest absolute Gasteiger partial charge is 0.355 e. The Kier molecular flexibility index (Phi) is 8.28. The van der Waals surface area contributed by atoms with Crippen molar-refractivity contribution >= 4 is 39.3 Å². The fraction of sp³-hybridized carbons (Fsp3) is 0.400. The molecule has 1 aromatic rings. The summed E-state index contributed by atoms with van der Waals surface area (Å²) in [5, 5.41) is 7.84. The van der Waals surface area contributed by atoms with E-state index in [2.05, 4.69) is 31.9 Å². The number of anilines is 1. The first-order valence-electron chi connectivity index (χ1n) is 7.18. The van der Waals surface area contributed by atoms with Crippen molar-refractivity contribution in [2.75, 3.05) is 38.5 Å². The van der Waals surface area contributed by atoms with E-state index < -0.39 is 0 Å². The van der Waals surface area contributed by atoms with Crippen molar-refractivity contribution < 1.29 is 14.4 Å². The first kappa shape index (κ1) is 19.1. The molecule has 1 rings (SSSR count). The van der Waals surface area contributed by atoms with E-state index in [9.17, 15) is 14.4 Å². The summed E-state index contributed by atoms with van der Waals surface area (Å²) >= 11 is 3.35. The normalized spacial score (nSPS) is 10.3. The summed E-state index contributed by atoms with van der Waals surface area (Å²) in [6, 6.07) is 7.28. The SMILES string of the molecule is CCNC(=O)CNC(=O)CN(C)CC(=O)Nc1ccccc1Br. The molecule has 0 unspecified atom stereocenters. The molecule has 1 aromatic carbocycles. The van der Waals surface area contributed by atoms with Gasteiger partial charge in [-0.25, -0.2) is 0 Å². The van der Waals surface area contributed by atoms with E-state index in [0.717, 1.165) is 4.47 Å². The Balaban J connectivity index is 2.34. The highest BCUT2D eigenvalue weighted by Crippen LogP contribution is 2.20. The van der Waals surface area contributed by atoms with Gasteiger partial charge in [0.25, 0.3) is 0 Å². The number of carbonyl (C=O) groups is 3. The minimum Gasteiger partial charge on any atom is -0.355 e. The highest BCUT2D eigenvalue weighted by Gasteiger charge is 2.12. The second-order valence-corrected chi connectivity index (χ2v) is 5.78. The molecule has 0 fully saturated rings. The molecule has 0 heterocycles. The van der Waals surface area contributed by atoms with Crippen LogP contribution in [0.2, 0.25) is 0 Å². The van der Waals surface area contributed by atoms with Crippen molar-refractivity contribution in [3.05, 3.63) is 28.7 Å². The number of nitrogens with zero attached hydrogens (tertiary/aromatic N) is 1. The fourth-order valence-corrected chi connectivity index (χ4v) is 2.18. The summed E-state index contributed by atoms with van der Waals surface area (Å²) in [5.41, 5.74) is 0.673. The quantitative estimate of drug-likeness (QED) is 0.611. The van der Waals surface area contributed by atoms with E-state index >= 15 is 0 Å². The predicted octanol–water partition coefficient (Wildman–Crippen LogP) is 0.572. The Morgan fingerprint density at radius 1 is 1.04 bits per heavy atom. The molecule has 0 aliphatic rings. The third kappa shape index (κ3) is 7.75. The molecule has 0 saturated heterocycles. The van der Waals surface area contributed by atoms with E-state index in [-0.39, 0.29) is 37.4 Å². The molecule has 0 aliphatic heterocycles. The van der Waals surface area contributed by atoms with Crippen LogP contribution in [-0.4, -0.2) is 55.8 Å². The van der Waals surface area contributed by atoms with Crippen LogP contribution in [0.5, 0.6) is 0 Å². The number of rotatable bonds is 8. The molecule has 0 spiro atoms. The smallest absolute Gasteiger partial charge is 0.239 e. The lowest BCUT2D eigenvalue weighted by molar-refractivity contribution is -0.127. The van der Waals surface area contributed by atoms with E-state index in [1.807, 2.05) is 18.2 Å². The van der Waals surface area contributed by atoms with Crippen molar-refractivity contribution in [1.29, 1.82) is 0 Å². The molecule has 0 aromatic heterocycles. The van der Waals surface area contributed by atoms with Crippen LogP contribution in [0.1, 0.15) is 6.92 Å². The van der Waals surface area contributed by atoms with Gasteiger partial charge in [0.2, 0.25) is 17.7 Å². The number of benzene rings is 1. The van der Waals surface area contributed by atoms with Crippen LogP contribution in [0.25, 0.3) is 0 Å². The maximum absolute atomic E-state index is 11.9. The van der Waals surface area contributed by atoms with Crippen LogP contribution < -0.4 is 16.0 Å². The minimum atomic E-state index is -0.313. The number of carbonyl (C=O) groups excluding carboxylic acids is 3. The Bertz CT molecular complexity index is 565. The molecule has 23 heavy (non-hydrogen) atoms. The Hall–Kier alpha value is -1.93. The van der Waals surface area contributed by atoms with Gasteiger partial charge in [0.1, 0.15) is 0 Å². The molecule has 0 bridgehead atoms. The second-order valence-electron chi connectivity index (χ2n) is 4.93. The average Bonchev–Trinajstić information content (AvgIpc) is 2.47. The summed E-state index contributed by atoms with van der Waals surface area (Å²) in [6.07, 6.45) is 0. The second kappa shape index (κ2) is 9.96. The molecule has 0 saturated carbocycles. The Morgan fingerprint density at radius 3 is 2.35 bits per heavy atom. The summed E-state index contributed by atoms with van der Waals surface area (Å²) in [5.74, 6) is -0.779. The number of hydrogen-bond donors (Lipinski definition) is 3. The number of halogens is 1. The average molecular weight is 385 g/mol. The van der Waals surface area contributed by atoms with E-state index in [4.69, 9.17) is 0 Å². The first-order chi connectivity index (χ1) is 10.9. The third-order valence-corrected chi connectivity index (χ3v) is 3.49. The lowest BCUT2D eigenvalue weighted by atomic mass is 10.3. The molecule has 0 radical (unpaired) electrons. The molecule has 0 aliphatic carbocycles. The molecule has 126 valence electrons. The van der Waals surface area contributed by atoms with Gasteiger partial charge in [0, 0.05) is 11.0 Å². The van der Waals surface area contributed by atoms with Gasteiger partial charge >= 0.3 is 0 Å².